The average molecular weight is 329 g/mol. The fourth-order valence-corrected chi connectivity index (χ4v) is 2.81. The summed E-state index contributed by atoms with van der Waals surface area (Å²) in [5.74, 6) is 1.11. The van der Waals surface area contributed by atoms with E-state index in [0.29, 0.717) is 18.0 Å². The van der Waals surface area contributed by atoms with Crippen LogP contribution in [0.25, 0.3) is 0 Å². The van der Waals surface area contributed by atoms with Gasteiger partial charge in [0.2, 0.25) is 0 Å². The minimum absolute atomic E-state index is 0.00376. The van der Waals surface area contributed by atoms with Gasteiger partial charge in [0.25, 0.3) is 5.91 Å². The molecule has 1 aliphatic rings. The number of methoxy groups -OCH3 is 1. The van der Waals surface area contributed by atoms with E-state index in [-0.39, 0.29) is 12.5 Å². The van der Waals surface area contributed by atoms with Gasteiger partial charge in [0, 0.05) is 6.54 Å². The van der Waals surface area contributed by atoms with Gasteiger partial charge in [0.05, 0.1) is 7.11 Å². The van der Waals surface area contributed by atoms with Crippen molar-refractivity contribution in [3.8, 4) is 11.5 Å². The first-order valence-corrected chi connectivity index (χ1v) is 8.58. The summed E-state index contributed by atoms with van der Waals surface area (Å²) in [6, 6.07) is 5.69. The number of allylic oxidation sites excluding steroid dienone is 2. The van der Waals surface area contributed by atoms with Gasteiger partial charge >= 0.3 is 0 Å². The molecule has 1 N–H and O–H groups in total. The zero-order chi connectivity index (χ0) is 17.2. The molecular formula is C20H27NO3. The lowest BCUT2D eigenvalue weighted by molar-refractivity contribution is -0.123. The summed E-state index contributed by atoms with van der Waals surface area (Å²) in [6.45, 7) is 4.39. The van der Waals surface area contributed by atoms with Crippen LogP contribution in [0.4, 0.5) is 0 Å². The number of benzene rings is 1. The van der Waals surface area contributed by atoms with Crippen LogP contribution < -0.4 is 14.8 Å². The van der Waals surface area contributed by atoms with Gasteiger partial charge in [-0.05, 0) is 56.2 Å². The maximum Gasteiger partial charge on any atom is 0.257 e. The maximum atomic E-state index is 11.9. The maximum absolute atomic E-state index is 11.9. The first-order chi connectivity index (χ1) is 11.7. The van der Waals surface area contributed by atoms with E-state index in [0.717, 1.165) is 18.4 Å². The molecule has 0 aliphatic heterocycles. The average Bonchev–Trinajstić information content (AvgIpc) is 2.61. The van der Waals surface area contributed by atoms with Crippen LogP contribution in [-0.2, 0) is 11.2 Å². The molecule has 0 unspecified atom stereocenters. The minimum atomic E-state index is -0.108. The van der Waals surface area contributed by atoms with Crippen LogP contribution in [0.5, 0.6) is 11.5 Å². The smallest absolute Gasteiger partial charge is 0.257 e. The van der Waals surface area contributed by atoms with Crippen molar-refractivity contribution in [3.05, 3.63) is 48.1 Å². The molecule has 0 atom stereocenters. The second-order valence-electron chi connectivity index (χ2n) is 5.97. The summed E-state index contributed by atoms with van der Waals surface area (Å²) in [5.41, 5.74) is 2.56. The lowest BCUT2D eigenvalue weighted by atomic mass is 9.97. The number of carbonyl (C=O) groups excluding carboxylic acids is 1. The SMILES string of the molecule is C=CCc1ccc(OCC(=O)NCCC2=CCCCC2)c(OC)c1. The summed E-state index contributed by atoms with van der Waals surface area (Å²) in [5, 5.41) is 2.91. The van der Waals surface area contributed by atoms with Crippen LogP contribution in [0.1, 0.15) is 37.7 Å². The molecule has 24 heavy (non-hydrogen) atoms. The molecule has 0 fully saturated rings. The summed E-state index contributed by atoms with van der Waals surface area (Å²) in [7, 11) is 1.60. The molecule has 0 aromatic heterocycles. The Kier molecular flexibility index (Phi) is 7.40. The molecule has 4 nitrogen and oxygen atoms in total. The first kappa shape index (κ1) is 18.1. The topological polar surface area (TPSA) is 47.6 Å². The Labute approximate surface area is 144 Å². The molecule has 1 aromatic carbocycles. The van der Waals surface area contributed by atoms with Gasteiger partial charge in [0.15, 0.2) is 18.1 Å². The van der Waals surface area contributed by atoms with Gasteiger partial charge in [0.1, 0.15) is 0 Å². The zero-order valence-corrected chi connectivity index (χ0v) is 14.5. The van der Waals surface area contributed by atoms with E-state index in [1.165, 1.54) is 31.3 Å². The van der Waals surface area contributed by atoms with Gasteiger partial charge < -0.3 is 14.8 Å². The zero-order valence-electron chi connectivity index (χ0n) is 14.5. The first-order valence-electron chi connectivity index (χ1n) is 8.58. The second kappa shape index (κ2) is 9.81. The van der Waals surface area contributed by atoms with Crippen LogP contribution in [0.15, 0.2) is 42.5 Å². The van der Waals surface area contributed by atoms with Gasteiger partial charge in [-0.2, -0.15) is 0 Å². The Hall–Kier alpha value is -2.23. The fraction of sp³-hybridized carbons (Fsp3) is 0.450. The third-order valence-electron chi connectivity index (χ3n) is 4.12. The summed E-state index contributed by atoms with van der Waals surface area (Å²) in [4.78, 5) is 11.9. The van der Waals surface area contributed by atoms with Crippen LogP contribution in [-0.4, -0.2) is 26.2 Å². The molecule has 4 heteroatoms. The van der Waals surface area contributed by atoms with Crippen molar-refractivity contribution in [2.24, 2.45) is 0 Å². The number of nitrogens with one attached hydrogen (secondary N) is 1. The molecule has 1 aliphatic carbocycles. The van der Waals surface area contributed by atoms with Crippen molar-refractivity contribution >= 4 is 5.91 Å². The summed E-state index contributed by atoms with van der Waals surface area (Å²) in [6.07, 6.45) is 10.8. The fourth-order valence-electron chi connectivity index (χ4n) is 2.81. The van der Waals surface area contributed by atoms with Gasteiger partial charge in [-0.15, -0.1) is 6.58 Å². The van der Waals surface area contributed by atoms with Crippen molar-refractivity contribution in [2.75, 3.05) is 20.3 Å². The van der Waals surface area contributed by atoms with Crippen molar-refractivity contribution < 1.29 is 14.3 Å². The Morgan fingerprint density at radius 2 is 2.21 bits per heavy atom. The van der Waals surface area contributed by atoms with E-state index in [2.05, 4.69) is 18.0 Å². The van der Waals surface area contributed by atoms with Crippen molar-refractivity contribution in [1.82, 2.24) is 5.32 Å². The lowest BCUT2D eigenvalue weighted by Gasteiger charge is -2.14. The van der Waals surface area contributed by atoms with E-state index in [4.69, 9.17) is 9.47 Å². The van der Waals surface area contributed by atoms with Gasteiger partial charge in [-0.25, -0.2) is 0 Å². The molecule has 0 bridgehead atoms. The van der Waals surface area contributed by atoms with E-state index < -0.39 is 0 Å². The highest BCUT2D eigenvalue weighted by atomic mass is 16.5. The highest BCUT2D eigenvalue weighted by Gasteiger charge is 2.09. The molecule has 1 amide bonds. The van der Waals surface area contributed by atoms with Crippen molar-refractivity contribution in [2.45, 2.75) is 38.5 Å². The van der Waals surface area contributed by atoms with Crippen LogP contribution >= 0.6 is 0 Å². The molecule has 2 rings (SSSR count). The third kappa shape index (κ3) is 5.76. The number of ether oxygens (including phenoxy) is 2. The number of hydrogen-bond donors (Lipinski definition) is 1. The highest BCUT2D eigenvalue weighted by molar-refractivity contribution is 5.77. The number of carbonyl (C=O) groups is 1. The van der Waals surface area contributed by atoms with E-state index >= 15 is 0 Å². The molecule has 130 valence electrons. The van der Waals surface area contributed by atoms with Crippen LogP contribution in [0.2, 0.25) is 0 Å². The normalized spacial score (nSPS) is 13.8. The summed E-state index contributed by atoms with van der Waals surface area (Å²) < 4.78 is 10.9. The van der Waals surface area contributed by atoms with Crippen LogP contribution in [0.3, 0.4) is 0 Å². The largest absolute Gasteiger partial charge is 0.493 e. The Morgan fingerprint density at radius 3 is 2.92 bits per heavy atom. The standard InChI is InChI=1S/C20H27NO3/c1-3-7-17-10-11-18(19(14-17)23-2)24-15-20(22)21-13-12-16-8-5-4-6-9-16/h3,8,10-11,14H,1,4-7,9,12-13,15H2,2H3,(H,21,22). The predicted octanol–water partition coefficient (Wildman–Crippen LogP) is 3.81. The molecule has 0 radical (unpaired) electrons. The third-order valence-corrected chi connectivity index (χ3v) is 4.12. The molecule has 0 saturated heterocycles. The van der Waals surface area contributed by atoms with Crippen molar-refractivity contribution in [3.63, 3.8) is 0 Å². The van der Waals surface area contributed by atoms with Crippen molar-refractivity contribution in [1.29, 1.82) is 0 Å². The minimum Gasteiger partial charge on any atom is -0.493 e. The number of amides is 1. The van der Waals surface area contributed by atoms with Crippen LogP contribution in [0, 0.1) is 0 Å². The Morgan fingerprint density at radius 1 is 1.33 bits per heavy atom. The molecule has 1 aromatic rings. The molecule has 0 saturated carbocycles. The highest BCUT2D eigenvalue weighted by Crippen LogP contribution is 2.28. The van der Waals surface area contributed by atoms with E-state index in [9.17, 15) is 4.79 Å². The van der Waals surface area contributed by atoms with Gasteiger partial charge in [-0.3, -0.25) is 4.79 Å². The Balaban J connectivity index is 1.76. The Bertz CT molecular complexity index is 593. The second-order valence-corrected chi connectivity index (χ2v) is 5.97. The summed E-state index contributed by atoms with van der Waals surface area (Å²) >= 11 is 0. The van der Waals surface area contributed by atoms with E-state index in [1.807, 2.05) is 24.3 Å². The quantitative estimate of drug-likeness (QED) is 0.701. The number of rotatable bonds is 9. The monoisotopic (exact) mass is 329 g/mol. The van der Waals surface area contributed by atoms with E-state index in [1.54, 1.807) is 7.11 Å². The predicted molar refractivity (Wildman–Crippen MR) is 96.6 cm³/mol. The molecular weight excluding hydrogens is 302 g/mol. The number of hydrogen-bond acceptors (Lipinski definition) is 3. The molecule has 0 heterocycles. The van der Waals surface area contributed by atoms with Gasteiger partial charge in [-0.1, -0.05) is 23.8 Å². The molecule has 0 spiro atoms. The lowest BCUT2D eigenvalue weighted by Crippen LogP contribution is -2.30.